The van der Waals surface area contributed by atoms with Gasteiger partial charge in [0, 0.05) is 19.6 Å². The molecule has 0 aliphatic carbocycles. The Kier molecular flexibility index (Phi) is 8.67. The second-order valence-electron chi connectivity index (χ2n) is 5.00. The third-order valence-corrected chi connectivity index (χ3v) is 3.50. The largest absolute Gasteiger partial charge is 0.374 e. The first-order valence-corrected chi connectivity index (χ1v) is 7.41. The maximum atomic E-state index is 5.75. The Morgan fingerprint density at radius 2 is 2.00 bits per heavy atom. The molecule has 0 aromatic rings. The molecule has 0 radical (unpaired) electrons. The van der Waals surface area contributed by atoms with Gasteiger partial charge in [-0.1, -0.05) is 39.5 Å². The van der Waals surface area contributed by atoms with Crippen molar-refractivity contribution in [1.29, 1.82) is 0 Å². The minimum Gasteiger partial charge on any atom is -0.374 e. The molecule has 1 aliphatic heterocycles. The van der Waals surface area contributed by atoms with Gasteiger partial charge in [-0.2, -0.15) is 0 Å². The number of ether oxygens (including phenoxy) is 1. The molecule has 0 aromatic carbocycles. The molecule has 0 saturated carbocycles. The van der Waals surface area contributed by atoms with E-state index in [1.165, 1.54) is 32.1 Å². The van der Waals surface area contributed by atoms with Crippen molar-refractivity contribution in [2.75, 3.05) is 39.3 Å². The summed E-state index contributed by atoms with van der Waals surface area (Å²) in [5.41, 5.74) is 0. The fraction of sp³-hybridized carbons (Fsp3) is 1.00. The number of hydrogen-bond donors (Lipinski definition) is 1. The third-order valence-electron chi connectivity index (χ3n) is 3.50. The Morgan fingerprint density at radius 1 is 1.18 bits per heavy atom. The van der Waals surface area contributed by atoms with Gasteiger partial charge in [0.05, 0.1) is 12.7 Å². The summed E-state index contributed by atoms with van der Waals surface area (Å²) in [5, 5.41) is 3.52. The van der Waals surface area contributed by atoms with Crippen molar-refractivity contribution in [3.05, 3.63) is 0 Å². The molecule has 3 nitrogen and oxygen atoms in total. The van der Waals surface area contributed by atoms with Gasteiger partial charge >= 0.3 is 0 Å². The number of unbranched alkanes of at least 4 members (excludes halogenated alkanes) is 4. The predicted molar refractivity (Wildman–Crippen MR) is 73.5 cm³/mol. The summed E-state index contributed by atoms with van der Waals surface area (Å²) in [4.78, 5) is 2.47. The number of rotatable bonds is 9. The van der Waals surface area contributed by atoms with Crippen LogP contribution in [0.25, 0.3) is 0 Å². The maximum Gasteiger partial charge on any atom is 0.0826 e. The van der Waals surface area contributed by atoms with Crippen molar-refractivity contribution in [1.82, 2.24) is 10.2 Å². The van der Waals surface area contributed by atoms with Gasteiger partial charge in [-0.3, -0.25) is 4.90 Å². The van der Waals surface area contributed by atoms with Crippen molar-refractivity contribution in [3.8, 4) is 0 Å². The summed E-state index contributed by atoms with van der Waals surface area (Å²) in [6, 6.07) is 0. The average molecular weight is 242 g/mol. The Morgan fingerprint density at radius 3 is 2.76 bits per heavy atom. The topological polar surface area (TPSA) is 24.5 Å². The van der Waals surface area contributed by atoms with Crippen molar-refractivity contribution >= 4 is 0 Å². The molecule has 0 spiro atoms. The van der Waals surface area contributed by atoms with Crippen molar-refractivity contribution < 1.29 is 4.74 Å². The molecule has 0 bridgehead atoms. The SMILES string of the molecule is CCCCCCCNCC1CN(CC)CCO1. The number of hydrogen-bond acceptors (Lipinski definition) is 3. The van der Waals surface area contributed by atoms with E-state index >= 15 is 0 Å². The Balaban J connectivity index is 1.91. The highest BCUT2D eigenvalue weighted by Crippen LogP contribution is 2.04. The quantitative estimate of drug-likeness (QED) is 0.628. The monoisotopic (exact) mass is 242 g/mol. The molecule has 1 aliphatic rings. The second-order valence-corrected chi connectivity index (χ2v) is 5.00. The van der Waals surface area contributed by atoms with Crippen LogP contribution in [0.2, 0.25) is 0 Å². The highest BCUT2D eigenvalue weighted by Gasteiger charge is 2.18. The van der Waals surface area contributed by atoms with Gasteiger partial charge in [-0.25, -0.2) is 0 Å². The molecule has 1 saturated heterocycles. The van der Waals surface area contributed by atoms with E-state index in [-0.39, 0.29) is 0 Å². The predicted octanol–water partition coefficient (Wildman–Crippen LogP) is 2.27. The van der Waals surface area contributed by atoms with E-state index in [4.69, 9.17) is 4.74 Å². The molecular formula is C14H30N2O. The summed E-state index contributed by atoms with van der Waals surface area (Å²) in [7, 11) is 0. The van der Waals surface area contributed by atoms with Gasteiger partial charge in [0.15, 0.2) is 0 Å². The van der Waals surface area contributed by atoms with Crippen LogP contribution in [0.15, 0.2) is 0 Å². The molecule has 0 aromatic heterocycles. The van der Waals surface area contributed by atoms with E-state index in [2.05, 4.69) is 24.1 Å². The summed E-state index contributed by atoms with van der Waals surface area (Å²) in [6.45, 7) is 10.9. The molecule has 1 rings (SSSR count). The molecule has 1 heterocycles. The van der Waals surface area contributed by atoms with E-state index in [0.29, 0.717) is 6.10 Å². The number of nitrogens with one attached hydrogen (secondary N) is 1. The average Bonchev–Trinajstić information content (AvgIpc) is 2.38. The van der Waals surface area contributed by atoms with Crippen LogP contribution in [0.4, 0.5) is 0 Å². The van der Waals surface area contributed by atoms with Gasteiger partial charge in [0.2, 0.25) is 0 Å². The standard InChI is InChI=1S/C14H30N2O/c1-3-5-6-7-8-9-15-12-14-13-16(4-2)10-11-17-14/h14-15H,3-13H2,1-2H3. The van der Waals surface area contributed by atoms with Crippen LogP contribution >= 0.6 is 0 Å². The summed E-state index contributed by atoms with van der Waals surface area (Å²) in [6.07, 6.45) is 7.19. The molecule has 1 fully saturated rings. The van der Waals surface area contributed by atoms with Crippen LogP contribution in [0.3, 0.4) is 0 Å². The van der Waals surface area contributed by atoms with E-state index in [1.54, 1.807) is 0 Å². The maximum absolute atomic E-state index is 5.75. The smallest absolute Gasteiger partial charge is 0.0826 e. The lowest BCUT2D eigenvalue weighted by molar-refractivity contribution is -0.0251. The van der Waals surface area contributed by atoms with Crippen LogP contribution in [0.1, 0.15) is 46.0 Å². The van der Waals surface area contributed by atoms with Gasteiger partial charge in [-0.15, -0.1) is 0 Å². The Labute approximate surface area is 107 Å². The minimum atomic E-state index is 0.402. The van der Waals surface area contributed by atoms with Gasteiger partial charge in [-0.05, 0) is 19.5 Å². The lowest BCUT2D eigenvalue weighted by Crippen LogP contribution is -2.46. The Hall–Kier alpha value is -0.120. The summed E-state index contributed by atoms with van der Waals surface area (Å²) in [5.74, 6) is 0. The van der Waals surface area contributed by atoms with Crippen LogP contribution < -0.4 is 5.32 Å². The normalized spacial score (nSPS) is 21.9. The molecule has 1 unspecified atom stereocenters. The second kappa shape index (κ2) is 9.86. The zero-order valence-electron chi connectivity index (χ0n) is 11.7. The number of morpholine rings is 1. The van der Waals surface area contributed by atoms with E-state index < -0.39 is 0 Å². The first kappa shape index (κ1) is 14.9. The molecule has 3 heteroatoms. The van der Waals surface area contributed by atoms with Gasteiger partial charge in [0.25, 0.3) is 0 Å². The molecule has 0 amide bonds. The molecular weight excluding hydrogens is 212 g/mol. The first-order valence-electron chi connectivity index (χ1n) is 7.41. The lowest BCUT2D eigenvalue weighted by Gasteiger charge is -2.32. The minimum absolute atomic E-state index is 0.402. The lowest BCUT2D eigenvalue weighted by atomic mass is 10.1. The van der Waals surface area contributed by atoms with Crippen LogP contribution in [0, 0.1) is 0 Å². The van der Waals surface area contributed by atoms with Crippen LogP contribution in [0.5, 0.6) is 0 Å². The van der Waals surface area contributed by atoms with Crippen LogP contribution in [-0.4, -0.2) is 50.3 Å². The highest BCUT2D eigenvalue weighted by molar-refractivity contribution is 4.72. The van der Waals surface area contributed by atoms with Crippen molar-refractivity contribution in [3.63, 3.8) is 0 Å². The molecule has 1 N–H and O–H groups in total. The molecule has 17 heavy (non-hydrogen) atoms. The van der Waals surface area contributed by atoms with Crippen molar-refractivity contribution in [2.24, 2.45) is 0 Å². The highest BCUT2D eigenvalue weighted by atomic mass is 16.5. The van der Waals surface area contributed by atoms with E-state index in [1.807, 2.05) is 0 Å². The van der Waals surface area contributed by atoms with E-state index in [0.717, 1.165) is 39.3 Å². The molecule has 1 atom stereocenters. The zero-order valence-corrected chi connectivity index (χ0v) is 11.7. The zero-order chi connectivity index (χ0) is 12.3. The summed E-state index contributed by atoms with van der Waals surface area (Å²) < 4.78 is 5.75. The molecule has 102 valence electrons. The number of likely N-dealkylation sites (N-methyl/N-ethyl adjacent to an activating group) is 1. The van der Waals surface area contributed by atoms with Gasteiger partial charge in [0.1, 0.15) is 0 Å². The van der Waals surface area contributed by atoms with E-state index in [9.17, 15) is 0 Å². The third kappa shape index (κ3) is 7.02. The van der Waals surface area contributed by atoms with Crippen LogP contribution in [-0.2, 0) is 4.74 Å². The van der Waals surface area contributed by atoms with Gasteiger partial charge < -0.3 is 10.1 Å². The fourth-order valence-electron chi connectivity index (χ4n) is 2.31. The Bertz CT molecular complexity index is 176. The summed E-state index contributed by atoms with van der Waals surface area (Å²) >= 11 is 0. The number of nitrogens with zero attached hydrogens (tertiary/aromatic N) is 1. The first-order chi connectivity index (χ1) is 8.36. The van der Waals surface area contributed by atoms with Crippen molar-refractivity contribution in [2.45, 2.75) is 52.1 Å². The fourth-order valence-corrected chi connectivity index (χ4v) is 2.31.